The molecule has 18 heavy (non-hydrogen) atoms. The highest BCUT2D eigenvalue weighted by Crippen LogP contribution is 2.12. The Morgan fingerprint density at radius 3 is 2.61 bits per heavy atom. The fraction of sp³-hybridized carbons (Fsp3) is 0.727. The van der Waals surface area contributed by atoms with Crippen LogP contribution in [0.3, 0.4) is 0 Å². The lowest BCUT2D eigenvalue weighted by atomic mass is 10.3. The third-order valence-corrected chi connectivity index (χ3v) is 2.89. The highest BCUT2D eigenvalue weighted by atomic mass is 32.2. The summed E-state index contributed by atoms with van der Waals surface area (Å²) in [5, 5.41) is 6.15. The van der Waals surface area contributed by atoms with Crippen molar-refractivity contribution in [2.75, 3.05) is 36.3 Å². The average molecular weight is 271 g/mol. The molecule has 0 aliphatic heterocycles. The standard InChI is InChI=1S/C11H21N5OS/c1-5-17-11-15-9(12-3)14-10(16-11)13-8(2)6-7-18-4/h8H,5-7H2,1-4H3,(H2,12,13,14,15,16). The molecular weight excluding hydrogens is 250 g/mol. The molecular formula is C11H21N5OS. The lowest BCUT2D eigenvalue weighted by Crippen LogP contribution is -2.19. The second-order valence-electron chi connectivity index (χ2n) is 3.78. The van der Waals surface area contributed by atoms with Gasteiger partial charge in [-0.15, -0.1) is 0 Å². The Morgan fingerprint density at radius 1 is 1.28 bits per heavy atom. The van der Waals surface area contributed by atoms with Crippen LogP contribution >= 0.6 is 11.8 Å². The van der Waals surface area contributed by atoms with E-state index in [0.29, 0.717) is 30.6 Å². The molecule has 6 nitrogen and oxygen atoms in total. The predicted octanol–water partition coefficient (Wildman–Crippen LogP) is 1.87. The van der Waals surface area contributed by atoms with Gasteiger partial charge in [-0.2, -0.15) is 26.7 Å². The molecule has 1 rings (SSSR count). The molecule has 1 unspecified atom stereocenters. The van der Waals surface area contributed by atoms with Crippen LogP contribution in [-0.2, 0) is 0 Å². The van der Waals surface area contributed by atoms with E-state index in [1.54, 1.807) is 7.05 Å². The van der Waals surface area contributed by atoms with E-state index in [4.69, 9.17) is 4.74 Å². The van der Waals surface area contributed by atoms with Gasteiger partial charge in [0.25, 0.3) is 0 Å². The van der Waals surface area contributed by atoms with Crippen molar-refractivity contribution in [3.8, 4) is 6.01 Å². The summed E-state index contributed by atoms with van der Waals surface area (Å²) in [4.78, 5) is 12.6. The summed E-state index contributed by atoms with van der Waals surface area (Å²) in [5.74, 6) is 2.16. The normalized spacial score (nSPS) is 12.0. The molecule has 0 aliphatic rings. The number of rotatable bonds is 8. The van der Waals surface area contributed by atoms with Crippen molar-refractivity contribution < 1.29 is 4.74 Å². The molecule has 1 aromatic rings. The Morgan fingerprint density at radius 2 is 2.00 bits per heavy atom. The van der Waals surface area contributed by atoms with Gasteiger partial charge >= 0.3 is 6.01 Å². The first kappa shape index (κ1) is 14.8. The molecule has 102 valence electrons. The van der Waals surface area contributed by atoms with E-state index in [-0.39, 0.29) is 0 Å². The molecule has 0 fully saturated rings. The summed E-state index contributed by atoms with van der Waals surface area (Å²) in [6.07, 6.45) is 3.16. The van der Waals surface area contributed by atoms with E-state index >= 15 is 0 Å². The van der Waals surface area contributed by atoms with Gasteiger partial charge in [0.15, 0.2) is 0 Å². The van der Waals surface area contributed by atoms with Crippen LogP contribution < -0.4 is 15.4 Å². The zero-order valence-corrected chi connectivity index (χ0v) is 12.2. The van der Waals surface area contributed by atoms with Gasteiger partial charge in [0.2, 0.25) is 11.9 Å². The van der Waals surface area contributed by atoms with E-state index < -0.39 is 0 Å². The Kier molecular flexibility index (Phi) is 6.56. The Hall–Kier alpha value is -1.24. The number of hydrogen-bond donors (Lipinski definition) is 2. The molecule has 0 radical (unpaired) electrons. The van der Waals surface area contributed by atoms with Crippen molar-refractivity contribution in [3.05, 3.63) is 0 Å². The van der Waals surface area contributed by atoms with E-state index in [1.165, 1.54) is 0 Å². The lowest BCUT2D eigenvalue weighted by Gasteiger charge is -2.14. The van der Waals surface area contributed by atoms with Gasteiger partial charge < -0.3 is 15.4 Å². The summed E-state index contributed by atoms with van der Waals surface area (Å²) in [6, 6.07) is 0.662. The van der Waals surface area contributed by atoms with E-state index in [1.807, 2.05) is 18.7 Å². The summed E-state index contributed by atoms with van der Waals surface area (Å²) < 4.78 is 5.31. The van der Waals surface area contributed by atoms with Crippen LogP contribution in [0, 0.1) is 0 Å². The molecule has 0 saturated heterocycles. The Balaban J connectivity index is 2.71. The first-order chi connectivity index (χ1) is 8.69. The largest absolute Gasteiger partial charge is 0.464 e. The van der Waals surface area contributed by atoms with Crippen molar-refractivity contribution in [3.63, 3.8) is 0 Å². The predicted molar refractivity (Wildman–Crippen MR) is 76.6 cm³/mol. The van der Waals surface area contributed by atoms with Gasteiger partial charge in [-0.05, 0) is 32.3 Å². The maximum atomic E-state index is 5.31. The first-order valence-electron chi connectivity index (χ1n) is 6.01. The van der Waals surface area contributed by atoms with Crippen LogP contribution in [0.4, 0.5) is 11.9 Å². The molecule has 1 aromatic heterocycles. The van der Waals surface area contributed by atoms with Gasteiger partial charge in [0.1, 0.15) is 0 Å². The molecule has 0 spiro atoms. The highest BCUT2D eigenvalue weighted by Gasteiger charge is 2.08. The highest BCUT2D eigenvalue weighted by molar-refractivity contribution is 7.98. The second-order valence-corrected chi connectivity index (χ2v) is 4.76. The minimum Gasteiger partial charge on any atom is -0.464 e. The van der Waals surface area contributed by atoms with Crippen molar-refractivity contribution >= 4 is 23.7 Å². The third kappa shape index (κ3) is 4.95. The molecule has 0 amide bonds. The smallest absolute Gasteiger partial charge is 0.323 e. The van der Waals surface area contributed by atoms with Crippen molar-refractivity contribution in [2.45, 2.75) is 26.3 Å². The molecule has 0 aliphatic carbocycles. The number of thioether (sulfide) groups is 1. The quantitative estimate of drug-likeness (QED) is 0.747. The minimum atomic E-state index is 0.319. The van der Waals surface area contributed by atoms with Crippen LogP contribution in [0.25, 0.3) is 0 Å². The minimum absolute atomic E-state index is 0.319. The second kappa shape index (κ2) is 7.97. The van der Waals surface area contributed by atoms with Crippen molar-refractivity contribution in [1.29, 1.82) is 0 Å². The summed E-state index contributed by atoms with van der Waals surface area (Å²) in [6.45, 7) is 4.55. The molecule has 1 heterocycles. The maximum Gasteiger partial charge on any atom is 0.323 e. The summed E-state index contributed by atoms with van der Waals surface area (Å²) >= 11 is 1.83. The van der Waals surface area contributed by atoms with Crippen LogP contribution in [0.15, 0.2) is 0 Å². The van der Waals surface area contributed by atoms with Crippen molar-refractivity contribution in [1.82, 2.24) is 15.0 Å². The van der Waals surface area contributed by atoms with Crippen LogP contribution in [-0.4, -0.2) is 46.7 Å². The van der Waals surface area contributed by atoms with Gasteiger partial charge in [0, 0.05) is 13.1 Å². The van der Waals surface area contributed by atoms with Gasteiger partial charge in [-0.3, -0.25) is 0 Å². The Bertz CT molecular complexity index is 363. The topological polar surface area (TPSA) is 72.0 Å². The van der Waals surface area contributed by atoms with Gasteiger partial charge in [-0.25, -0.2) is 0 Å². The molecule has 0 bridgehead atoms. The number of aromatic nitrogens is 3. The molecule has 7 heteroatoms. The lowest BCUT2D eigenvalue weighted by molar-refractivity contribution is 0.312. The van der Waals surface area contributed by atoms with Crippen molar-refractivity contribution in [2.24, 2.45) is 0 Å². The van der Waals surface area contributed by atoms with E-state index in [9.17, 15) is 0 Å². The number of ether oxygens (including phenoxy) is 1. The average Bonchev–Trinajstić information content (AvgIpc) is 2.36. The number of nitrogens with one attached hydrogen (secondary N) is 2. The van der Waals surface area contributed by atoms with Crippen LogP contribution in [0.2, 0.25) is 0 Å². The number of hydrogen-bond acceptors (Lipinski definition) is 7. The van der Waals surface area contributed by atoms with Gasteiger partial charge in [0.05, 0.1) is 6.61 Å². The van der Waals surface area contributed by atoms with Gasteiger partial charge in [-0.1, -0.05) is 0 Å². The zero-order chi connectivity index (χ0) is 13.4. The fourth-order valence-corrected chi connectivity index (χ4v) is 1.90. The SMILES string of the molecule is CCOc1nc(NC)nc(NC(C)CCSC)n1. The van der Waals surface area contributed by atoms with Crippen LogP contribution in [0.1, 0.15) is 20.3 Å². The first-order valence-corrected chi connectivity index (χ1v) is 7.41. The summed E-state index contributed by atoms with van der Waals surface area (Å²) in [7, 11) is 1.77. The number of nitrogens with zero attached hydrogens (tertiary/aromatic N) is 3. The molecule has 0 saturated carbocycles. The molecule has 2 N–H and O–H groups in total. The Labute approximate surface area is 112 Å². The maximum absolute atomic E-state index is 5.31. The number of anilines is 2. The summed E-state index contributed by atoms with van der Waals surface area (Å²) in [5.41, 5.74) is 0. The van der Waals surface area contributed by atoms with E-state index in [2.05, 4.69) is 38.8 Å². The monoisotopic (exact) mass is 271 g/mol. The fourth-order valence-electron chi connectivity index (χ4n) is 1.31. The molecule has 0 aromatic carbocycles. The third-order valence-electron chi connectivity index (χ3n) is 2.24. The zero-order valence-electron chi connectivity index (χ0n) is 11.4. The van der Waals surface area contributed by atoms with E-state index in [0.717, 1.165) is 12.2 Å². The van der Waals surface area contributed by atoms with Crippen LogP contribution in [0.5, 0.6) is 6.01 Å². The molecule has 1 atom stereocenters.